The van der Waals surface area contributed by atoms with Gasteiger partial charge in [-0.2, -0.15) is 0 Å². The molecule has 6 heteroatoms. The van der Waals surface area contributed by atoms with Crippen molar-refractivity contribution >= 4 is 10.0 Å². The molecule has 1 N–H and O–H groups in total. The van der Waals surface area contributed by atoms with Gasteiger partial charge in [0.25, 0.3) is 0 Å². The molecule has 0 amide bonds. The summed E-state index contributed by atoms with van der Waals surface area (Å²) in [5.74, 6) is 1.49. The second-order valence-electron chi connectivity index (χ2n) is 4.16. The zero-order chi connectivity index (χ0) is 13.0. The lowest BCUT2D eigenvalue weighted by molar-refractivity contribution is 0.0943. The molecule has 1 aliphatic rings. The highest BCUT2D eigenvalue weighted by molar-refractivity contribution is 7.89. The normalized spacial score (nSPS) is 18.6. The van der Waals surface area contributed by atoms with Gasteiger partial charge in [0.05, 0.1) is 12.3 Å². The number of hydrogen-bond acceptors (Lipinski definition) is 4. The lowest BCUT2D eigenvalue weighted by Gasteiger charge is -2.26. The van der Waals surface area contributed by atoms with Gasteiger partial charge in [-0.05, 0) is 18.6 Å². The number of sulfonamides is 1. The van der Waals surface area contributed by atoms with E-state index in [4.69, 9.17) is 9.47 Å². The molecule has 0 spiro atoms. The third-order valence-corrected chi connectivity index (χ3v) is 4.12. The molecule has 1 unspecified atom stereocenters. The van der Waals surface area contributed by atoms with Gasteiger partial charge in [-0.25, -0.2) is 13.1 Å². The molecule has 1 aromatic rings. The van der Waals surface area contributed by atoms with E-state index in [-0.39, 0.29) is 18.4 Å². The van der Waals surface area contributed by atoms with Crippen molar-refractivity contribution in [2.75, 3.05) is 18.9 Å². The van der Waals surface area contributed by atoms with E-state index in [0.717, 1.165) is 0 Å². The molecule has 0 aliphatic carbocycles. The molecule has 1 aliphatic heterocycles. The minimum Gasteiger partial charge on any atom is -0.486 e. The first kappa shape index (κ1) is 13.2. The second kappa shape index (κ2) is 5.58. The minimum absolute atomic E-state index is 0.136. The Morgan fingerprint density at radius 3 is 2.78 bits per heavy atom. The fourth-order valence-electron chi connectivity index (χ4n) is 1.72. The minimum atomic E-state index is -3.19. The number of ether oxygens (including phenoxy) is 2. The molecule has 0 bridgehead atoms. The molecule has 0 fully saturated rings. The Labute approximate surface area is 107 Å². The zero-order valence-electron chi connectivity index (χ0n) is 10.3. The Balaban J connectivity index is 1.91. The van der Waals surface area contributed by atoms with Gasteiger partial charge >= 0.3 is 0 Å². The number of para-hydroxylation sites is 2. The highest BCUT2D eigenvalue weighted by Crippen LogP contribution is 2.30. The van der Waals surface area contributed by atoms with Crippen LogP contribution in [0.15, 0.2) is 24.3 Å². The molecule has 0 radical (unpaired) electrons. The largest absolute Gasteiger partial charge is 0.486 e. The van der Waals surface area contributed by atoms with E-state index >= 15 is 0 Å². The molecule has 1 atom stereocenters. The molecular weight excluding hydrogens is 254 g/mol. The Hall–Kier alpha value is -1.27. The molecule has 5 nitrogen and oxygen atoms in total. The number of rotatable bonds is 5. The summed E-state index contributed by atoms with van der Waals surface area (Å²) in [6, 6.07) is 7.35. The highest BCUT2D eigenvalue weighted by atomic mass is 32.2. The smallest absolute Gasteiger partial charge is 0.211 e. The molecule has 1 heterocycles. The lowest BCUT2D eigenvalue weighted by atomic mass is 10.2. The van der Waals surface area contributed by atoms with Crippen molar-refractivity contribution in [3.8, 4) is 11.5 Å². The Morgan fingerprint density at radius 2 is 2.06 bits per heavy atom. The number of fused-ring (bicyclic) bond motifs is 1. The van der Waals surface area contributed by atoms with E-state index in [9.17, 15) is 8.42 Å². The van der Waals surface area contributed by atoms with Crippen molar-refractivity contribution < 1.29 is 17.9 Å². The maximum absolute atomic E-state index is 11.5. The van der Waals surface area contributed by atoms with Gasteiger partial charge in [0.15, 0.2) is 11.5 Å². The van der Waals surface area contributed by atoms with Crippen LogP contribution in [0.5, 0.6) is 11.5 Å². The highest BCUT2D eigenvalue weighted by Gasteiger charge is 2.22. The third kappa shape index (κ3) is 3.36. The molecule has 2 rings (SSSR count). The Kier molecular flexibility index (Phi) is 4.08. The van der Waals surface area contributed by atoms with E-state index in [1.54, 1.807) is 0 Å². The summed E-state index contributed by atoms with van der Waals surface area (Å²) in [5.41, 5.74) is 0. The first-order valence-electron chi connectivity index (χ1n) is 5.96. The van der Waals surface area contributed by atoms with Crippen molar-refractivity contribution in [2.45, 2.75) is 19.4 Å². The van der Waals surface area contributed by atoms with Crippen molar-refractivity contribution in [1.82, 2.24) is 4.72 Å². The fourth-order valence-corrected chi connectivity index (χ4v) is 2.85. The average molecular weight is 271 g/mol. The first-order chi connectivity index (χ1) is 8.61. The molecule has 0 saturated heterocycles. The summed E-state index contributed by atoms with van der Waals surface area (Å²) in [6.45, 7) is 2.41. The van der Waals surface area contributed by atoms with Crippen LogP contribution < -0.4 is 14.2 Å². The standard InChI is InChI=1S/C12H17NO4S/c1-2-7-18(14,15)13-8-10-9-16-11-5-3-4-6-12(11)17-10/h3-6,10,13H,2,7-9H2,1H3. The summed E-state index contributed by atoms with van der Waals surface area (Å²) in [5, 5.41) is 0. The van der Waals surface area contributed by atoms with Gasteiger partial charge in [0, 0.05) is 0 Å². The van der Waals surface area contributed by atoms with Gasteiger partial charge in [0.1, 0.15) is 12.7 Å². The van der Waals surface area contributed by atoms with Gasteiger partial charge in [0.2, 0.25) is 10.0 Å². The van der Waals surface area contributed by atoms with Crippen molar-refractivity contribution in [3.63, 3.8) is 0 Å². The van der Waals surface area contributed by atoms with Crippen molar-refractivity contribution in [1.29, 1.82) is 0 Å². The first-order valence-corrected chi connectivity index (χ1v) is 7.62. The number of hydrogen-bond donors (Lipinski definition) is 1. The Morgan fingerprint density at radius 1 is 1.33 bits per heavy atom. The molecule has 1 aromatic carbocycles. The van der Waals surface area contributed by atoms with Gasteiger partial charge in [-0.3, -0.25) is 0 Å². The van der Waals surface area contributed by atoms with Crippen LogP contribution in [0.25, 0.3) is 0 Å². The topological polar surface area (TPSA) is 64.6 Å². The monoisotopic (exact) mass is 271 g/mol. The maximum Gasteiger partial charge on any atom is 0.211 e. The quantitative estimate of drug-likeness (QED) is 0.872. The maximum atomic E-state index is 11.5. The molecule has 18 heavy (non-hydrogen) atoms. The van der Waals surface area contributed by atoms with E-state index in [2.05, 4.69) is 4.72 Å². The fraction of sp³-hybridized carbons (Fsp3) is 0.500. The van der Waals surface area contributed by atoms with E-state index in [1.807, 2.05) is 31.2 Å². The van der Waals surface area contributed by atoms with Crippen molar-refractivity contribution in [2.24, 2.45) is 0 Å². The summed E-state index contributed by atoms with van der Waals surface area (Å²) in [7, 11) is -3.19. The van der Waals surface area contributed by atoms with Crippen molar-refractivity contribution in [3.05, 3.63) is 24.3 Å². The predicted molar refractivity (Wildman–Crippen MR) is 68.4 cm³/mol. The molecular formula is C12H17NO4S. The zero-order valence-corrected chi connectivity index (χ0v) is 11.1. The summed E-state index contributed by atoms with van der Waals surface area (Å²) in [6.07, 6.45) is 0.312. The molecule has 100 valence electrons. The predicted octanol–water partition coefficient (Wildman–Crippen LogP) is 1.16. The van der Waals surface area contributed by atoms with Crippen LogP contribution in [-0.4, -0.2) is 33.4 Å². The lowest BCUT2D eigenvalue weighted by Crippen LogP contribution is -2.41. The van der Waals surface area contributed by atoms with E-state index < -0.39 is 10.0 Å². The van der Waals surface area contributed by atoms with E-state index in [0.29, 0.717) is 24.5 Å². The van der Waals surface area contributed by atoms with Crippen LogP contribution in [0, 0.1) is 0 Å². The second-order valence-corrected chi connectivity index (χ2v) is 6.09. The van der Waals surface area contributed by atoms with Crippen LogP contribution in [0.4, 0.5) is 0 Å². The van der Waals surface area contributed by atoms with Gasteiger partial charge < -0.3 is 9.47 Å². The summed E-state index contributed by atoms with van der Waals surface area (Å²) in [4.78, 5) is 0. The average Bonchev–Trinajstić information content (AvgIpc) is 2.36. The summed E-state index contributed by atoms with van der Waals surface area (Å²) < 4.78 is 36.7. The molecule has 0 saturated carbocycles. The van der Waals surface area contributed by atoms with Crippen LogP contribution >= 0.6 is 0 Å². The van der Waals surface area contributed by atoms with Gasteiger partial charge in [-0.1, -0.05) is 19.1 Å². The van der Waals surface area contributed by atoms with Gasteiger partial charge in [-0.15, -0.1) is 0 Å². The van der Waals surface area contributed by atoms with Crippen LogP contribution in [0.2, 0.25) is 0 Å². The van der Waals surface area contributed by atoms with Crippen LogP contribution in [-0.2, 0) is 10.0 Å². The SMILES string of the molecule is CCCS(=O)(=O)NCC1COc2ccccc2O1. The van der Waals surface area contributed by atoms with Crippen LogP contribution in [0.3, 0.4) is 0 Å². The van der Waals surface area contributed by atoms with Crippen LogP contribution in [0.1, 0.15) is 13.3 Å². The number of nitrogens with one attached hydrogen (secondary N) is 1. The van der Waals surface area contributed by atoms with E-state index in [1.165, 1.54) is 0 Å². The Bertz CT molecular complexity index is 501. The third-order valence-electron chi connectivity index (χ3n) is 2.57. The summed E-state index contributed by atoms with van der Waals surface area (Å²) >= 11 is 0. The number of benzene rings is 1. The molecule has 0 aromatic heterocycles.